The Morgan fingerprint density at radius 2 is 0.416 bits per heavy atom. The Bertz CT molecular complexity index is 1970. The molecule has 0 radical (unpaired) electrons. The van der Waals surface area contributed by atoms with Crippen molar-refractivity contribution in [3.8, 4) is 0 Å². The predicted molar refractivity (Wildman–Crippen MR) is 414 cm³/mol. The lowest BCUT2D eigenvalue weighted by molar-refractivity contribution is -0.161. The van der Waals surface area contributed by atoms with Crippen LogP contribution in [-0.4, -0.2) is 96.7 Å². The van der Waals surface area contributed by atoms with E-state index in [2.05, 4.69) is 55.4 Å². The fraction of sp³-hybridized carbons (Fsp3) is 0.951. The van der Waals surface area contributed by atoms with Gasteiger partial charge < -0.3 is 33.8 Å². The average Bonchev–Trinajstić information content (AvgIpc) is 1.02. The van der Waals surface area contributed by atoms with Crippen LogP contribution in [0.15, 0.2) is 0 Å². The third-order valence-electron chi connectivity index (χ3n) is 19.1. The number of aliphatic hydroxyl groups excluding tert-OH is 1. The van der Waals surface area contributed by atoms with Crippen molar-refractivity contribution in [1.82, 2.24) is 0 Å². The van der Waals surface area contributed by atoms with E-state index >= 15 is 0 Å². The van der Waals surface area contributed by atoms with E-state index in [-0.39, 0.29) is 25.7 Å². The van der Waals surface area contributed by atoms with E-state index in [0.29, 0.717) is 25.7 Å². The van der Waals surface area contributed by atoms with Crippen LogP contribution in [0.2, 0.25) is 0 Å². The quantitative estimate of drug-likeness (QED) is 0.0222. The maximum absolute atomic E-state index is 13.1. The number of ether oxygens (including phenoxy) is 4. The van der Waals surface area contributed by atoms with Crippen LogP contribution in [0, 0.1) is 23.7 Å². The zero-order chi connectivity index (χ0) is 74.6. The molecule has 19 heteroatoms. The molecule has 0 rings (SSSR count). The van der Waals surface area contributed by atoms with Crippen molar-refractivity contribution < 1.29 is 80.2 Å². The van der Waals surface area contributed by atoms with Gasteiger partial charge >= 0.3 is 39.5 Å². The molecule has 0 saturated heterocycles. The standard InChI is InChI=1S/C82H160O17P2/c1-72(2)58-50-42-34-26-18-15-13-11-9-10-12-14-16-20-32-40-48-56-64-81(86)98-77(68-92-79(84)62-54-46-38-30-21-17-19-27-35-43-51-59-73(3)4)70-96-100(88,89)94-66-76(83)67-95-101(90,91)97-71-78(99-82(87)65-57-49-41-33-25-23-29-37-45-53-61-75(7)8)69-93-80(85)63-55-47-39-31-24-22-28-36-44-52-60-74(5)6/h72-78,83H,9-71H2,1-8H3,(H,88,89)(H,90,91)/t76-,77-,78-/m1/s1. The van der Waals surface area contributed by atoms with Crippen molar-refractivity contribution in [3.05, 3.63) is 0 Å². The highest BCUT2D eigenvalue weighted by Gasteiger charge is 2.30. The number of carbonyl (C=O) groups excluding carboxylic acids is 4. The summed E-state index contributed by atoms with van der Waals surface area (Å²) in [5.74, 6) is 0.989. The second-order valence-electron chi connectivity index (χ2n) is 31.4. The monoisotopic (exact) mass is 1480 g/mol. The van der Waals surface area contributed by atoms with Crippen LogP contribution in [0.25, 0.3) is 0 Å². The van der Waals surface area contributed by atoms with Crippen LogP contribution >= 0.6 is 15.6 Å². The van der Waals surface area contributed by atoms with Gasteiger partial charge in [-0.1, -0.05) is 370 Å². The number of hydrogen-bond acceptors (Lipinski definition) is 15. The van der Waals surface area contributed by atoms with E-state index in [9.17, 15) is 43.2 Å². The molecule has 5 atom stereocenters. The van der Waals surface area contributed by atoms with E-state index in [1.165, 1.54) is 225 Å². The van der Waals surface area contributed by atoms with Crippen molar-refractivity contribution in [1.29, 1.82) is 0 Å². The highest BCUT2D eigenvalue weighted by Crippen LogP contribution is 2.45. The highest BCUT2D eigenvalue weighted by atomic mass is 31.2. The summed E-state index contributed by atoms with van der Waals surface area (Å²) in [6.07, 6.45) is 58.3. The number of carbonyl (C=O) groups is 4. The second kappa shape index (κ2) is 71.0. The number of phosphoric acid groups is 2. The SMILES string of the molecule is CC(C)CCCCCCCCCCCCCCCCCCCCC(=O)O[C@H](COC(=O)CCCCCCCCCCCCCC(C)C)COP(=O)(O)OC[C@@H](O)COP(=O)(O)OC[C@@H](COC(=O)CCCCCCCCCCCCC(C)C)OC(=O)CCCCCCCCCCCCC(C)C. The van der Waals surface area contributed by atoms with E-state index in [1.807, 2.05) is 0 Å². The van der Waals surface area contributed by atoms with Gasteiger partial charge in [0.05, 0.1) is 26.4 Å². The van der Waals surface area contributed by atoms with Gasteiger partial charge in [-0.25, -0.2) is 9.13 Å². The zero-order valence-corrected chi connectivity index (χ0v) is 68.3. The lowest BCUT2D eigenvalue weighted by Crippen LogP contribution is -2.30. The van der Waals surface area contributed by atoms with Gasteiger partial charge in [-0.05, 0) is 49.4 Å². The molecule has 0 aliphatic rings. The van der Waals surface area contributed by atoms with Crippen molar-refractivity contribution in [3.63, 3.8) is 0 Å². The van der Waals surface area contributed by atoms with Crippen LogP contribution in [0.3, 0.4) is 0 Å². The van der Waals surface area contributed by atoms with E-state index in [4.69, 9.17) is 37.0 Å². The predicted octanol–water partition coefficient (Wildman–Crippen LogP) is 24.4. The summed E-state index contributed by atoms with van der Waals surface area (Å²) in [4.78, 5) is 73.1. The van der Waals surface area contributed by atoms with Crippen molar-refractivity contribution in [2.45, 2.75) is 440 Å². The molecule has 0 saturated carbocycles. The fourth-order valence-electron chi connectivity index (χ4n) is 12.6. The summed E-state index contributed by atoms with van der Waals surface area (Å²) < 4.78 is 68.8. The van der Waals surface area contributed by atoms with Gasteiger partial charge in [0.25, 0.3) is 0 Å². The van der Waals surface area contributed by atoms with Crippen molar-refractivity contribution >= 4 is 39.5 Å². The Kier molecular flexibility index (Phi) is 69.6. The molecule has 17 nitrogen and oxygen atoms in total. The Morgan fingerprint density at radius 1 is 0.248 bits per heavy atom. The second-order valence-corrected chi connectivity index (χ2v) is 34.3. The van der Waals surface area contributed by atoms with Gasteiger partial charge in [0.2, 0.25) is 0 Å². The molecule has 101 heavy (non-hydrogen) atoms. The van der Waals surface area contributed by atoms with Crippen molar-refractivity contribution in [2.75, 3.05) is 39.6 Å². The molecule has 0 bridgehead atoms. The first-order valence-electron chi connectivity index (χ1n) is 42.2. The van der Waals surface area contributed by atoms with Crippen LogP contribution in [0.5, 0.6) is 0 Å². The largest absolute Gasteiger partial charge is 0.472 e. The molecule has 2 unspecified atom stereocenters. The first-order chi connectivity index (χ1) is 48.6. The summed E-state index contributed by atoms with van der Waals surface area (Å²) in [6.45, 7) is 14.3. The maximum Gasteiger partial charge on any atom is 0.472 e. The number of phosphoric ester groups is 2. The van der Waals surface area contributed by atoms with Crippen LogP contribution < -0.4 is 0 Å². The van der Waals surface area contributed by atoms with Gasteiger partial charge in [-0.2, -0.15) is 0 Å². The van der Waals surface area contributed by atoms with Gasteiger partial charge in [0, 0.05) is 25.7 Å². The van der Waals surface area contributed by atoms with Gasteiger partial charge in [0.15, 0.2) is 12.2 Å². The Morgan fingerprint density at radius 3 is 0.614 bits per heavy atom. The topological polar surface area (TPSA) is 237 Å². The lowest BCUT2D eigenvalue weighted by Gasteiger charge is -2.21. The number of aliphatic hydroxyl groups is 1. The molecule has 0 spiro atoms. The minimum absolute atomic E-state index is 0.106. The minimum Gasteiger partial charge on any atom is -0.462 e. The average molecular weight is 1480 g/mol. The third-order valence-corrected chi connectivity index (χ3v) is 21.0. The summed E-state index contributed by atoms with van der Waals surface area (Å²) in [5, 5.41) is 10.6. The van der Waals surface area contributed by atoms with Crippen LogP contribution in [-0.2, 0) is 65.4 Å². The number of hydrogen-bond donors (Lipinski definition) is 3. The number of esters is 4. The van der Waals surface area contributed by atoms with E-state index in [1.54, 1.807) is 0 Å². The molecule has 0 aromatic heterocycles. The van der Waals surface area contributed by atoms with Crippen molar-refractivity contribution in [2.24, 2.45) is 23.7 Å². The third kappa shape index (κ3) is 76.1. The maximum atomic E-state index is 13.1. The zero-order valence-electron chi connectivity index (χ0n) is 66.5. The Hall–Kier alpha value is -1.94. The highest BCUT2D eigenvalue weighted by molar-refractivity contribution is 7.47. The molecule has 0 aliphatic carbocycles. The van der Waals surface area contributed by atoms with Crippen LogP contribution in [0.1, 0.15) is 421 Å². The molecule has 0 heterocycles. The molecular weight excluding hydrogens is 1320 g/mol. The number of rotatable bonds is 79. The summed E-state index contributed by atoms with van der Waals surface area (Å²) in [7, 11) is -9.92. The van der Waals surface area contributed by atoms with Crippen LogP contribution in [0.4, 0.5) is 0 Å². The van der Waals surface area contributed by atoms with Gasteiger partial charge in [-0.3, -0.25) is 37.3 Å². The first kappa shape index (κ1) is 99.1. The normalized spacial score (nSPS) is 14.0. The first-order valence-corrected chi connectivity index (χ1v) is 45.2. The van der Waals surface area contributed by atoms with E-state index in [0.717, 1.165) is 114 Å². The molecular formula is C82H160O17P2. The minimum atomic E-state index is -4.96. The lowest BCUT2D eigenvalue weighted by atomic mass is 10.0. The summed E-state index contributed by atoms with van der Waals surface area (Å²) >= 11 is 0. The molecule has 0 amide bonds. The summed E-state index contributed by atoms with van der Waals surface area (Å²) in [5.41, 5.74) is 0. The molecule has 0 aromatic rings. The fourth-order valence-corrected chi connectivity index (χ4v) is 14.2. The molecule has 3 N–H and O–H groups in total. The van der Waals surface area contributed by atoms with Gasteiger partial charge in [-0.15, -0.1) is 0 Å². The molecule has 0 aliphatic heterocycles. The Labute approximate surface area is 619 Å². The number of unbranched alkanes of at least 4 members (excludes halogenated alkanes) is 45. The van der Waals surface area contributed by atoms with Gasteiger partial charge in [0.1, 0.15) is 19.3 Å². The Balaban J connectivity index is 5.24. The van der Waals surface area contributed by atoms with E-state index < -0.39 is 97.5 Å². The smallest absolute Gasteiger partial charge is 0.462 e. The molecule has 0 fully saturated rings. The molecule has 600 valence electrons. The molecule has 0 aromatic carbocycles. The summed E-state index contributed by atoms with van der Waals surface area (Å²) in [6, 6.07) is 0.